The van der Waals surface area contributed by atoms with E-state index in [0.29, 0.717) is 26.2 Å². The third kappa shape index (κ3) is 3.65. The molecule has 0 unspecified atom stereocenters. The molecular formula is C18H29BN2O4S. The van der Waals surface area contributed by atoms with Crippen LogP contribution < -0.4 is 10.4 Å². The van der Waals surface area contributed by atoms with Crippen molar-refractivity contribution in [1.29, 1.82) is 0 Å². The summed E-state index contributed by atoms with van der Waals surface area (Å²) in [7, 11) is -3.47. The summed E-state index contributed by atoms with van der Waals surface area (Å²) >= 11 is 0. The van der Waals surface area contributed by atoms with Crippen LogP contribution in [0.5, 0.6) is 0 Å². The molecule has 2 saturated heterocycles. The quantitative estimate of drug-likeness (QED) is 0.742. The first-order valence-electron chi connectivity index (χ1n) is 9.07. The lowest BCUT2D eigenvalue weighted by molar-refractivity contribution is 0.00578. The van der Waals surface area contributed by atoms with Crippen LogP contribution in [0, 0.1) is 6.92 Å². The molecule has 0 bridgehead atoms. The van der Waals surface area contributed by atoms with E-state index in [4.69, 9.17) is 9.31 Å². The molecular weight excluding hydrogens is 351 g/mol. The number of piperazine rings is 1. The molecule has 0 spiro atoms. The number of nitrogens with zero attached hydrogens (tertiary/aromatic N) is 2. The molecule has 1 aromatic carbocycles. The summed E-state index contributed by atoms with van der Waals surface area (Å²) in [6, 6.07) is 6.25. The second-order valence-electron chi connectivity index (χ2n) is 8.28. The van der Waals surface area contributed by atoms with E-state index in [9.17, 15) is 8.42 Å². The SMILES string of the molecule is Cc1cc(B2OC(C)(C)C(C)(C)O2)ccc1N1CCN(S(C)(=O)=O)CC1. The van der Waals surface area contributed by atoms with Gasteiger partial charge in [0.15, 0.2) is 0 Å². The summed E-state index contributed by atoms with van der Waals surface area (Å²) in [6.45, 7) is 12.7. The van der Waals surface area contributed by atoms with Crippen LogP contribution in [0.15, 0.2) is 18.2 Å². The van der Waals surface area contributed by atoms with E-state index in [0.717, 1.165) is 16.7 Å². The van der Waals surface area contributed by atoms with Gasteiger partial charge in [-0.25, -0.2) is 8.42 Å². The molecule has 2 fully saturated rings. The van der Waals surface area contributed by atoms with Gasteiger partial charge >= 0.3 is 7.12 Å². The maximum Gasteiger partial charge on any atom is 0.494 e. The highest BCUT2D eigenvalue weighted by Crippen LogP contribution is 2.36. The van der Waals surface area contributed by atoms with Crippen molar-refractivity contribution < 1.29 is 17.7 Å². The minimum atomic E-state index is -3.11. The van der Waals surface area contributed by atoms with Gasteiger partial charge < -0.3 is 14.2 Å². The lowest BCUT2D eigenvalue weighted by atomic mass is 9.78. The van der Waals surface area contributed by atoms with E-state index in [2.05, 4.69) is 51.7 Å². The maximum absolute atomic E-state index is 11.7. The van der Waals surface area contributed by atoms with E-state index >= 15 is 0 Å². The van der Waals surface area contributed by atoms with Crippen molar-refractivity contribution in [3.63, 3.8) is 0 Å². The van der Waals surface area contributed by atoms with Gasteiger partial charge in [0.2, 0.25) is 10.0 Å². The number of benzene rings is 1. The molecule has 0 radical (unpaired) electrons. The monoisotopic (exact) mass is 380 g/mol. The fourth-order valence-electron chi connectivity index (χ4n) is 3.42. The zero-order valence-electron chi connectivity index (χ0n) is 16.6. The zero-order valence-corrected chi connectivity index (χ0v) is 17.4. The Labute approximate surface area is 157 Å². The van der Waals surface area contributed by atoms with E-state index in [1.807, 2.05) is 6.07 Å². The zero-order chi connectivity index (χ0) is 19.3. The molecule has 26 heavy (non-hydrogen) atoms. The molecule has 144 valence electrons. The van der Waals surface area contributed by atoms with E-state index in [1.54, 1.807) is 0 Å². The van der Waals surface area contributed by atoms with Crippen LogP contribution in [-0.4, -0.2) is 63.5 Å². The number of anilines is 1. The molecule has 2 heterocycles. The molecule has 2 aliphatic rings. The highest BCUT2D eigenvalue weighted by atomic mass is 32.2. The first-order chi connectivity index (χ1) is 11.9. The second kappa shape index (κ2) is 6.51. The highest BCUT2D eigenvalue weighted by Gasteiger charge is 2.51. The standard InChI is InChI=1S/C18H29BN2O4S/c1-14-13-15(19-24-17(2,3)18(4,5)25-19)7-8-16(14)20-9-11-21(12-10-20)26(6,22)23/h7-8,13H,9-12H2,1-6H3. The van der Waals surface area contributed by atoms with Gasteiger partial charge in [-0.3, -0.25) is 0 Å². The van der Waals surface area contributed by atoms with Gasteiger partial charge in [0.25, 0.3) is 0 Å². The van der Waals surface area contributed by atoms with Gasteiger partial charge in [0.1, 0.15) is 0 Å². The first kappa shape index (κ1) is 19.7. The van der Waals surface area contributed by atoms with Crippen LogP contribution >= 0.6 is 0 Å². The van der Waals surface area contributed by atoms with Gasteiger partial charge in [0.05, 0.1) is 17.5 Å². The molecule has 0 N–H and O–H groups in total. The molecule has 0 saturated carbocycles. The van der Waals surface area contributed by atoms with Crippen LogP contribution in [0.3, 0.4) is 0 Å². The Hall–Kier alpha value is -1.09. The third-order valence-corrected chi connectivity index (χ3v) is 7.10. The first-order valence-corrected chi connectivity index (χ1v) is 10.9. The van der Waals surface area contributed by atoms with Crippen molar-refractivity contribution in [2.24, 2.45) is 0 Å². The Morgan fingerprint density at radius 3 is 2.00 bits per heavy atom. The van der Waals surface area contributed by atoms with E-state index in [1.165, 1.54) is 10.6 Å². The average molecular weight is 380 g/mol. The largest absolute Gasteiger partial charge is 0.494 e. The number of sulfonamides is 1. The molecule has 0 amide bonds. The Balaban J connectivity index is 1.74. The topological polar surface area (TPSA) is 59.1 Å². The number of aryl methyl sites for hydroxylation is 1. The van der Waals surface area contributed by atoms with Crippen LogP contribution in [0.1, 0.15) is 33.3 Å². The fraction of sp³-hybridized carbons (Fsp3) is 0.667. The van der Waals surface area contributed by atoms with Crippen LogP contribution in [0.25, 0.3) is 0 Å². The highest BCUT2D eigenvalue weighted by molar-refractivity contribution is 7.88. The van der Waals surface area contributed by atoms with Gasteiger partial charge in [-0.2, -0.15) is 4.31 Å². The van der Waals surface area contributed by atoms with Crippen LogP contribution in [0.4, 0.5) is 5.69 Å². The predicted octanol–water partition coefficient (Wildman–Crippen LogP) is 1.38. The van der Waals surface area contributed by atoms with Crippen LogP contribution in [-0.2, 0) is 19.3 Å². The van der Waals surface area contributed by atoms with Crippen molar-refractivity contribution in [1.82, 2.24) is 4.31 Å². The molecule has 2 aliphatic heterocycles. The molecule has 0 atom stereocenters. The van der Waals surface area contributed by atoms with Gasteiger partial charge in [-0.1, -0.05) is 12.1 Å². The maximum atomic E-state index is 11.7. The van der Waals surface area contributed by atoms with Crippen molar-refractivity contribution in [2.45, 2.75) is 45.8 Å². The summed E-state index contributed by atoms with van der Waals surface area (Å²) in [5, 5.41) is 0. The Morgan fingerprint density at radius 1 is 1.00 bits per heavy atom. The fourth-order valence-corrected chi connectivity index (χ4v) is 4.25. The number of hydrogen-bond acceptors (Lipinski definition) is 5. The summed E-state index contributed by atoms with van der Waals surface area (Å²) < 4.78 is 37.2. The third-order valence-electron chi connectivity index (χ3n) is 5.79. The van der Waals surface area contributed by atoms with E-state index in [-0.39, 0.29) is 18.3 Å². The van der Waals surface area contributed by atoms with Crippen molar-refractivity contribution in [3.8, 4) is 0 Å². The van der Waals surface area contributed by atoms with Gasteiger partial charge in [0, 0.05) is 31.9 Å². The number of rotatable bonds is 3. The predicted molar refractivity (Wildman–Crippen MR) is 106 cm³/mol. The molecule has 6 nitrogen and oxygen atoms in total. The number of hydrogen-bond donors (Lipinski definition) is 0. The molecule has 1 aromatic rings. The molecule has 3 rings (SSSR count). The lowest BCUT2D eigenvalue weighted by Crippen LogP contribution is -2.48. The molecule has 8 heteroatoms. The Bertz CT molecular complexity index is 770. The lowest BCUT2D eigenvalue weighted by Gasteiger charge is -2.35. The molecule has 0 aromatic heterocycles. The minimum Gasteiger partial charge on any atom is -0.399 e. The normalized spacial score (nSPS) is 23.5. The van der Waals surface area contributed by atoms with Crippen molar-refractivity contribution in [2.75, 3.05) is 37.3 Å². The Kier molecular flexibility index (Phi) is 4.93. The van der Waals surface area contributed by atoms with Gasteiger partial charge in [-0.15, -0.1) is 0 Å². The van der Waals surface area contributed by atoms with Crippen molar-refractivity contribution >= 4 is 28.3 Å². The Morgan fingerprint density at radius 2 is 1.54 bits per heavy atom. The summed E-state index contributed by atoms with van der Waals surface area (Å²) in [6.07, 6.45) is 1.27. The van der Waals surface area contributed by atoms with E-state index < -0.39 is 10.0 Å². The minimum absolute atomic E-state index is 0.355. The summed E-state index contributed by atoms with van der Waals surface area (Å²) in [5.74, 6) is 0. The van der Waals surface area contributed by atoms with Gasteiger partial charge in [-0.05, 0) is 51.7 Å². The summed E-state index contributed by atoms with van der Waals surface area (Å²) in [5.41, 5.74) is 2.58. The summed E-state index contributed by atoms with van der Waals surface area (Å²) in [4.78, 5) is 2.24. The average Bonchev–Trinajstić information content (AvgIpc) is 2.75. The smallest absolute Gasteiger partial charge is 0.399 e. The van der Waals surface area contributed by atoms with Crippen LogP contribution in [0.2, 0.25) is 0 Å². The second-order valence-corrected chi connectivity index (χ2v) is 10.3. The van der Waals surface area contributed by atoms with Crippen molar-refractivity contribution in [3.05, 3.63) is 23.8 Å². The molecule has 0 aliphatic carbocycles.